The molecule has 2 aromatic carbocycles. The molecule has 1 heterocycles. The van der Waals surface area contributed by atoms with E-state index in [0.717, 1.165) is 12.8 Å². The minimum atomic E-state index is -3.60. The van der Waals surface area contributed by atoms with Crippen molar-refractivity contribution in [1.82, 2.24) is 4.31 Å². The molecular formula is C18H19ClN2O3S. The highest BCUT2D eigenvalue weighted by Crippen LogP contribution is 2.27. The predicted octanol–water partition coefficient (Wildman–Crippen LogP) is 3.40. The van der Waals surface area contributed by atoms with Crippen LogP contribution >= 0.6 is 11.6 Å². The van der Waals surface area contributed by atoms with Crippen LogP contribution in [-0.4, -0.2) is 38.8 Å². The number of para-hydroxylation sites is 1. The second-order valence-corrected chi connectivity index (χ2v) is 8.30. The van der Waals surface area contributed by atoms with Gasteiger partial charge in [0.05, 0.1) is 15.5 Å². The van der Waals surface area contributed by atoms with E-state index in [1.807, 2.05) is 18.2 Å². The van der Waals surface area contributed by atoms with Gasteiger partial charge in [-0.15, -0.1) is 0 Å². The molecule has 1 amide bonds. The van der Waals surface area contributed by atoms with Crippen LogP contribution in [0.3, 0.4) is 0 Å². The maximum atomic E-state index is 12.8. The number of benzene rings is 2. The SMILES string of the molecule is CN(C(=O)c1cc(S(=O)(=O)N2CCCC2)ccc1Cl)c1ccccc1. The Kier molecular flexibility index (Phi) is 5.13. The van der Waals surface area contributed by atoms with Crippen LogP contribution in [0.4, 0.5) is 5.69 Å². The zero-order chi connectivity index (χ0) is 18.0. The van der Waals surface area contributed by atoms with Gasteiger partial charge in [-0.1, -0.05) is 29.8 Å². The Labute approximate surface area is 152 Å². The molecule has 0 bridgehead atoms. The first-order valence-electron chi connectivity index (χ1n) is 8.04. The van der Waals surface area contributed by atoms with Crippen LogP contribution in [-0.2, 0) is 10.0 Å². The van der Waals surface area contributed by atoms with Gasteiger partial charge >= 0.3 is 0 Å². The van der Waals surface area contributed by atoms with Gasteiger partial charge in [-0.25, -0.2) is 8.42 Å². The highest BCUT2D eigenvalue weighted by molar-refractivity contribution is 7.89. The Hall–Kier alpha value is -1.89. The number of carbonyl (C=O) groups is 1. The molecule has 0 aliphatic carbocycles. The lowest BCUT2D eigenvalue weighted by atomic mass is 10.2. The number of rotatable bonds is 4. The summed E-state index contributed by atoms with van der Waals surface area (Å²) in [4.78, 5) is 14.4. The Bertz CT molecular complexity index is 878. The minimum absolute atomic E-state index is 0.101. The number of hydrogen-bond acceptors (Lipinski definition) is 3. The van der Waals surface area contributed by atoms with Crippen molar-refractivity contribution in [2.45, 2.75) is 17.7 Å². The van der Waals surface area contributed by atoms with E-state index in [-0.39, 0.29) is 21.4 Å². The summed E-state index contributed by atoms with van der Waals surface area (Å²) < 4.78 is 26.9. The van der Waals surface area contributed by atoms with Crippen molar-refractivity contribution >= 4 is 33.2 Å². The van der Waals surface area contributed by atoms with E-state index < -0.39 is 10.0 Å². The standard InChI is InChI=1S/C18H19ClN2O3S/c1-20(14-7-3-2-4-8-14)18(22)16-13-15(9-10-17(16)19)25(23,24)21-11-5-6-12-21/h2-4,7-10,13H,5-6,11-12H2,1H3. The molecule has 1 saturated heterocycles. The Morgan fingerprint density at radius 3 is 2.36 bits per heavy atom. The van der Waals surface area contributed by atoms with E-state index in [2.05, 4.69) is 0 Å². The summed E-state index contributed by atoms with van der Waals surface area (Å²) in [5, 5.41) is 0.230. The molecule has 0 unspecified atom stereocenters. The van der Waals surface area contributed by atoms with E-state index in [1.54, 1.807) is 19.2 Å². The van der Waals surface area contributed by atoms with Crippen LogP contribution in [0.2, 0.25) is 5.02 Å². The molecule has 3 rings (SSSR count). The highest BCUT2D eigenvalue weighted by atomic mass is 35.5. The summed E-state index contributed by atoms with van der Waals surface area (Å²) in [6, 6.07) is 13.4. The van der Waals surface area contributed by atoms with Crippen molar-refractivity contribution in [3.63, 3.8) is 0 Å². The molecule has 1 fully saturated rings. The molecule has 0 aromatic heterocycles. The largest absolute Gasteiger partial charge is 0.311 e. The molecule has 0 saturated carbocycles. The topological polar surface area (TPSA) is 57.7 Å². The number of sulfonamides is 1. The molecule has 7 heteroatoms. The average Bonchev–Trinajstić information content (AvgIpc) is 3.17. The van der Waals surface area contributed by atoms with E-state index in [9.17, 15) is 13.2 Å². The normalized spacial score (nSPS) is 15.3. The van der Waals surface area contributed by atoms with Crippen LogP contribution in [0.5, 0.6) is 0 Å². The lowest BCUT2D eigenvalue weighted by molar-refractivity contribution is 0.0993. The second kappa shape index (κ2) is 7.15. The zero-order valence-electron chi connectivity index (χ0n) is 13.9. The summed E-state index contributed by atoms with van der Waals surface area (Å²) in [5.41, 5.74) is 0.879. The fourth-order valence-electron chi connectivity index (χ4n) is 2.86. The summed E-state index contributed by atoms with van der Waals surface area (Å²) in [6.45, 7) is 1.02. The van der Waals surface area contributed by atoms with E-state index in [1.165, 1.54) is 27.4 Å². The monoisotopic (exact) mass is 378 g/mol. The van der Waals surface area contributed by atoms with Crippen LogP contribution < -0.4 is 4.90 Å². The number of hydrogen-bond donors (Lipinski definition) is 0. The number of anilines is 1. The molecule has 0 spiro atoms. The summed E-state index contributed by atoms with van der Waals surface area (Å²) in [6.07, 6.45) is 1.71. The van der Waals surface area contributed by atoms with Gasteiger partial charge in [0, 0.05) is 25.8 Å². The smallest absolute Gasteiger partial charge is 0.259 e. The zero-order valence-corrected chi connectivity index (χ0v) is 15.4. The molecule has 5 nitrogen and oxygen atoms in total. The molecule has 0 N–H and O–H groups in total. The number of amides is 1. The van der Waals surface area contributed by atoms with Crippen LogP contribution in [0.15, 0.2) is 53.4 Å². The molecule has 0 atom stereocenters. The average molecular weight is 379 g/mol. The van der Waals surface area contributed by atoms with Crippen LogP contribution in [0.25, 0.3) is 0 Å². The highest BCUT2D eigenvalue weighted by Gasteiger charge is 2.28. The maximum Gasteiger partial charge on any atom is 0.259 e. The third kappa shape index (κ3) is 3.56. The van der Waals surface area contributed by atoms with Gasteiger partial charge in [-0.2, -0.15) is 4.31 Å². The van der Waals surface area contributed by atoms with Crippen molar-refractivity contribution in [3.8, 4) is 0 Å². The van der Waals surface area contributed by atoms with Gasteiger partial charge < -0.3 is 4.90 Å². The van der Waals surface area contributed by atoms with E-state index in [4.69, 9.17) is 11.6 Å². The third-order valence-electron chi connectivity index (χ3n) is 4.32. The predicted molar refractivity (Wildman–Crippen MR) is 98.6 cm³/mol. The van der Waals surface area contributed by atoms with Gasteiger partial charge in [0.1, 0.15) is 0 Å². The Balaban J connectivity index is 1.96. The second-order valence-electron chi connectivity index (χ2n) is 5.95. The summed E-state index contributed by atoms with van der Waals surface area (Å²) in [5.74, 6) is -0.352. The first kappa shape index (κ1) is 17.9. The molecule has 0 radical (unpaired) electrons. The van der Waals surface area contributed by atoms with E-state index in [0.29, 0.717) is 18.8 Å². The van der Waals surface area contributed by atoms with Gasteiger partial charge in [-0.05, 0) is 43.2 Å². The fraction of sp³-hybridized carbons (Fsp3) is 0.278. The molecular weight excluding hydrogens is 360 g/mol. The molecule has 2 aromatic rings. The summed E-state index contributed by atoms with van der Waals surface area (Å²) >= 11 is 6.18. The first-order valence-corrected chi connectivity index (χ1v) is 9.86. The number of halogens is 1. The Morgan fingerprint density at radius 2 is 1.72 bits per heavy atom. The van der Waals surface area contributed by atoms with Gasteiger partial charge in [0.2, 0.25) is 10.0 Å². The first-order chi connectivity index (χ1) is 11.9. The van der Waals surface area contributed by atoms with Crippen molar-refractivity contribution in [2.24, 2.45) is 0 Å². The van der Waals surface area contributed by atoms with Crippen molar-refractivity contribution < 1.29 is 13.2 Å². The molecule has 1 aliphatic heterocycles. The third-order valence-corrected chi connectivity index (χ3v) is 6.54. The van der Waals surface area contributed by atoms with Crippen molar-refractivity contribution in [1.29, 1.82) is 0 Å². The van der Waals surface area contributed by atoms with E-state index >= 15 is 0 Å². The Morgan fingerprint density at radius 1 is 1.08 bits per heavy atom. The molecule has 25 heavy (non-hydrogen) atoms. The lowest BCUT2D eigenvalue weighted by Crippen LogP contribution is -2.29. The fourth-order valence-corrected chi connectivity index (χ4v) is 4.60. The minimum Gasteiger partial charge on any atom is -0.311 e. The van der Waals surface area contributed by atoms with Crippen molar-refractivity contribution in [3.05, 3.63) is 59.1 Å². The van der Waals surface area contributed by atoms with Gasteiger partial charge in [-0.3, -0.25) is 4.79 Å². The van der Waals surface area contributed by atoms with Gasteiger partial charge in [0.15, 0.2) is 0 Å². The molecule has 132 valence electrons. The van der Waals surface area contributed by atoms with Crippen LogP contribution in [0, 0.1) is 0 Å². The van der Waals surface area contributed by atoms with Gasteiger partial charge in [0.25, 0.3) is 5.91 Å². The number of nitrogens with zero attached hydrogens (tertiary/aromatic N) is 2. The lowest BCUT2D eigenvalue weighted by Gasteiger charge is -2.20. The number of carbonyl (C=O) groups excluding carboxylic acids is 1. The molecule has 1 aliphatic rings. The summed E-state index contributed by atoms with van der Waals surface area (Å²) in [7, 11) is -1.96. The maximum absolute atomic E-state index is 12.8. The van der Waals surface area contributed by atoms with Crippen LogP contribution in [0.1, 0.15) is 23.2 Å². The quantitative estimate of drug-likeness (QED) is 0.819. The van der Waals surface area contributed by atoms with Crippen molar-refractivity contribution in [2.75, 3.05) is 25.0 Å².